The van der Waals surface area contributed by atoms with Gasteiger partial charge in [-0.1, -0.05) is 30.8 Å². The molecule has 1 aromatic carbocycles. The lowest BCUT2D eigenvalue weighted by Gasteiger charge is -2.10. The Bertz CT molecular complexity index is 592. The van der Waals surface area contributed by atoms with Gasteiger partial charge in [0.2, 0.25) is 5.78 Å². The number of hydrogen-bond donors (Lipinski definition) is 0. The third-order valence-electron chi connectivity index (χ3n) is 2.80. The number of Topliss-reactive ketones (excluding diaryl/α,β-unsaturated/α-hetero) is 2. The van der Waals surface area contributed by atoms with E-state index in [1.54, 1.807) is 31.2 Å². The molecule has 1 aromatic rings. The number of allylic oxidation sites excluding steroid dienone is 3. The van der Waals surface area contributed by atoms with Gasteiger partial charge in [-0.15, -0.1) is 0 Å². The van der Waals surface area contributed by atoms with E-state index in [1.165, 1.54) is 19.9 Å². The highest BCUT2D eigenvalue weighted by atomic mass is 16.2. The maximum atomic E-state index is 11.5. The van der Waals surface area contributed by atoms with E-state index >= 15 is 0 Å². The van der Waals surface area contributed by atoms with Crippen LogP contribution >= 0.6 is 0 Å². The number of hydrogen-bond acceptors (Lipinski definition) is 3. The lowest BCUT2D eigenvalue weighted by Crippen LogP contribution is -2.06. The maximum absolute atomic E-state index is 11.5. The van der Waals surface area contributed by atoms with Crippen LogP contribution < -0.4 is 0 Å². The third kappa shape index (κ3) is 3.58. The van der Waals surface area contributed by atoms with Gasteiger partial charge >= 0.3 is 0 Å². The highest BCUT2D eigenvalue weighted by molar-refractivity contribution is 6.41. The van der Waals surface area contributed by atoms with Gasteiger partial charge in [0.1, 0.15) is 0 Å². The Balaban J connectivity index is 3.18. The molecule has 3 heteroatoms. The van der Waals surface area contributed by atoms with Crippen molar-refractivity contribution in [3.63, 3.8) is 0 Å². The second-order valence-electron chi connectivity index (χ2n) is 4.33. The SMILES string of the molecule is C=C(/C(C)=C/C(=O)C(C)=O)c1ccccc1C(C)=O. The van der Waals surface area contributed by atoms with E-state index in [0.717, 1.165) is 0 Å². The summed E-state index contributed by atoms with van der Waals surface area (Å²) < 4.78 is 0. The molecule has 3 nitrogen and oxygen atoms in total. The van der Waals surface area contributed by atoms with E-state index in [0.29, 0.717) is 22.3 Å². The van der Waals surface area contributed by atoms with Gasteiger partial charge in [0, 0.05) is 12.5 Å². The highest BCUT2D eigenvalue weighted by Crippen LogP contribution is 2.24. The summed E-state index contributed by atoms with van der Waals surface area (Å²) >= 11 is 0. The minimum atomic E-state index is -0.570. The summed E-state index contributed by atoms with van der Waals surface area (Å²) in [6.45, 7) is 8.29. The lowest BCUT2D eigenvalue weighted by molar-refractivity contribution is -0.132. The Labute approximate surface area is 112 Å². The van der Waals surface area contributed by atoms with Crippen LogP contribution in [0.1, 0.15) is 36.7 Å². The lowest BCUT2D eigenvalue weighted by atomic mass is 9.93. The molecule has 0 aromatic heterocycles. The average Bonchev–Trinajstić information content (AvgIpc) is 2.37. The number of rotatable bonds is 5. The van der Waals surface area contributed by atoms with Gasteiger partial charge in [-0.05, 0) is 36.6 Å². The zero-order valence-electron chi connectivity index (χ0n) is 11.3. The molecule has 0 N–H and O–H groups in total. The van der Waals surface area contributed by atoms with Gasteiger partial charge in [0.15, 0.2) is 11.6 Å². The van der Waals surface area contributed by atoms with Crippen LogP contribution in [-0.4, -0.2) is 17.3 Å². The summed E-state index contributed by atoms with van der Waals surface area (Å²) in [5.74, 6) is -1.16. The van der Waals surface area contributed by atoms with Gasteiger partial charge < -0.3 is 0 Å². The molecule has 0 aliphatic heterocycles. The topological polar surface area (TPSA) is 51.2 Å². The molecule has 0 bridgehead atoms. The highest BCUT2D eigenvalue weighted by Gasteiger charge is 2.12. The van der Waals surface area contributed by atoms with Crippen molar-refractivity contribution in [2.24, 2.45) is 0 Å². The molecule has 0 heterocycles. The Morgan fingerprint density at radius 2 is 1.53 bits per heavy atom. The van der Waals surface area contributed by atoms with E-state index in [9.17, 15) is 14.4 Å². The summed E-state index contributed by atoms with van der Waals surface area (Å²) in [6, 6.07) is 7.05. The second-order valence-corrected chi connectivity index (χ2v) is 4.33. The summed E-state index contributed by atoms with van der Waals surface area (Å²) in [5.41, 5.74) is 2.38. The molecule has 0 fully saturated rings. The molecular formula is C16H16O3. The second kappa shape index (κ2) is 6.05. The minimum absolute atomic E-state index is 0.0672. The zero-order valence-corrected chi connectivity index (χ0v) is 11.3. The summed E-state index contributed by atoms with van der Waals surface area (Å²) in [5, 5.41) is 0. The quantitative estimate of drug-likeness (QED) is 0.352. The molecule has 0 aliphatic rings. The van der Waals surface area contributed by atoms with Crippen LogP contribution in [0.15, 0.2) is 42.5 Å². The predicted octanol–water partition coefficient (Wildman–Crippen LogP) is 3.01. The van der Waals surface area contributed by atoms with Crippen LogP contribution in [0.4, 0.5) is 0 Å². The van der Waals surface area contributed by atoms with Gasteiger partial charge in [0.25, 0.3) is 0 Å². The Morgan fingerprint density at radius 1 is 1.00 bits per heavy atom. The van der Waals surface area contributed by atoms with Gasteiger partial charge in [-0.25, -0.2) is 0 Å². The Hall–Kier alpha value is -2.29. The fraction of sp³-hybridized carbons (Fsp3) is 0.188. The Kier molecular flexibility index (Phi) is 4.70. The molecule has 98 valence electrons. The van der Waals surface area contributed by atoms with E-state index in [4.69, 9.17) is 0 Å². The van der Waals surface area contributed by atoms with Gasteiger partial charge in [-0.2, -0.15) is 0 Å². The summed E-state index contributed by atoms with van der Waals surface area (Å²) in [6.07, 6.45) is 1.25. The van der Waals surface area contributed by atoms with Crippen LogP contribution in [0.25, 0.3) is 5.57 Å². The van der Waals surface area contributed by atoms with Crippen LogP contribution in [0.3, 0.4) is 0 Å². The van der Waals surface area contributed by atoms with Gasteiger partial charge in [-0.3, -0.25) is 14.4 Å². The first-order valence-corrected chi connectivity index (χ1v) is 5.87. The fourth-order valence-corrected chi connectivity index (χ4v) is 1.65. The minimum Gasteiger partial charge on any atom is -0.294 e. The van der Waals surface area contributed by atoms with Crippen LogP contribution in [-0.2, 0) is 9.59 Å². The van der Waals surface area contributed by atoms with Crippen molar-refractivity contribution in [2.45, 2.75) is 20.8 Å². The van der Waals surface area contributed by atoms with Crippen molar-refractivity contribution >= 4 is 22.9 Å². The molecule has 1 rings (SSSR count). The first-order valence-electron chi connectivity index (χ1n) is 5.87. The van der Waals surface area contributed by atoms with Crippen molar-refractivity contribution in [3.8, 4) is 0 Å². The third-order valence-corrected chi connectivity index (χ3v) is 2.80. The van der Waals surface area contributed by atoms with Crippen molar-refractivity contribution in [1.29, 1.82) is 0 Å². The molecule has 0 saturated carbocycles. The van der Waals surface area contributed by atoms with E-state index in [2.05, 4.69) is 6.58 Å². The number of ketones is 3. The van der Waals surface area contributed by atoms with Crippen molar-refractivity contribution in [2.75, 3.05) is 0 Å². The number of carbonyl (C=O) groups excluding carboxylic acids is 3. The van der Waals surface area contributed by atoms with Crippen molar-refractivity contribution < 1.29 is 14.4 Å². The molecule has 0 atom stereocenters. The molecule has 0 radical (unpaired) electrons. The maximum Gasteiger partial charge on any atom is 0.221 e. The van der Waals surface area contributed by atoms with Crippen LogP contribution in [0.5, 0.6) is 0 Å². The number of carbonyl (C=O) groups is 3. The van der Waals surface area contributed by atoms with E-state index < -0.39 is 11.6 Å². The normalized spacial score (nSPS) is 11.0. The molecule has 0 saturated heterocycles. The van der Waals surface area contributed by atoms with Crippen LogP contribution in [0, 0.1) is 0 Å². The average molecular weight is 256 g/mol. The first-order chi connectivity index (χ1) is 8.84. The standard InChI is InChI=1S/C16H16O3/c1-10(9-16(19)13(4)18)11(2)14-7-5-6-8-15(14)12(3)17/h5-9H,2H2,1,3-4H3/b10-9+. The van der Waals surface area contributed by atoms with E-state index in [-0.39, 0.29) is 5.78 Å². The molecule has 0 spiro atoms. The predicted molar refractivity (Wildman–Crippen MR) is 74.9 cm³/mol. The van der Waals surface area contributed by atoms with E-state index in [1.807, 2.05) is 0 Å². The molecule has 0 amide bonds. The monoisotopic (exact) mass is 256 g/mol. The molecule has 0 aliphatic carbocycles. The summed E-state index contributed by atoms with van der Waals surface area (Å²) in [4.78, 5) is 33.9. The van der Waals surface area contributed by atoms with Crippen molar-refractivity contribution in [1.82, 2.24) is 0 Å². The largest absolute Gasteiger partial charge is 0.294 e. The summed E-state index contributed by atoms with van der Waals surface area (Å²) in [7, 11) is 0. The molecule has 19 heavy (non-hydrogen) atoms. The van der Waals surface area contributed by atoms with Crippen molar-refractivity contribution in [3.05, 3.63) is 53.6 Å². The fourth-order valence-electron chi connectivity index (χ4n) is 1.65. The zero-order chi connectivity index (χ0) is 14.6. The van der Waals surface area contributed by atoms with Gasteiger partial charge in [0.05, 0.1) is 0 Å². The van der Waals surface area contributed by atoms with Crippen LogP contribution in [0.2, 0.25) is 0 Å². The molecular weight excluding hydrogens is 240 g/mol. The smallest absolute Gasteiger partial charge is 0.221 e. The first kappa shape index (κ1) is 14.8. The Morgan fingerprint density at radius 3 is 2.00 bits per heavy atom. The number of benzene rings is 1. The molecule has 0 unspecified atom stereocenters.